The normalized spacial score (nSPS) is 18.5. The lowest BCUT2D eigenvalue weighted by molar-refractivity contribution is 0.414. The van der Waals surface area contributed by atoms with E-state index in [1.54, 1.807) is 0 Å². The maximum atomic E-state index is 4.87. The number of pyridine rings is 1. The van der Waals surface area contributed by atoms with Crippen LogP contribution in [0.25, 0.3) is 22.2 Å². The highest BCUT2D eigenvalue weighted by Crippen LogP contribution is 2.32. The summed E-state index contributed by atoms with van der Waals surface area (Å²) in [4.78, 5) is 4.87. The number of rotatable bonds is 2. The first kappa shape index (κ1) is 13.5. The highest BCUT2D eigenvalue weighted by Gasteiger charge is 2.18. The predicted molar refractivity (Wildman–Crippen MR) is 91.8 cm³/mol. The summed E-state index contributed by atoms with van der Waals surface area (Å²) in [7, 11) is 0. The number of para-hydroxylation sites is 1. The number of hydrogen-bond acceptors (Lipinski definition) is 2. The van der Waals surface area contributed by atoms with Crippen molar-refractivity contribution in [3.05, 3.63) is 66.2 Å². The second kappa shape index (κ2) is 5.90. The van der Waals surface area contributed by atoms with Gasteiger partial charge in [-0.15, -0.1) is 0 Å². The lowest BCUT2D eigenvalue weighted by atomic mass is 9.93. The molecule has 1 aliphatic rings. The summed E-state index contributed by atoms with van der Waals surface area (Å²) in [6, 6.07) is 21.7. The van der Waals surface area contributed by atoms with Gasteiger partial charge >= 0.3 is 0 Å². The smallest absolute Gasteiger partial charge is 0.0713 e. The van der Waals surface area contributed by atoms with Crippen LogP contribution < -0.4 is 5.32 Å². The van der Waals surface area contributed by atoms with Crippen molar-refractivity contribution in [3.8, 4) is 11.3 Å². The average Bonchev–Trinajstić information content (AvgIpc) is 2.62. The molecule has 110 valence electrons. The van der Waals surface area contributed by atoms with E-state index in [4.69, 9.17) is 4.98 Å². The lowest BCUT2D eigenvalue weighted by Crippen LogP contribution is -2.27. The van der Waals surface area contributed by atoms with Crippen molar-refractivity contribution < 1.29 is 0 Å². The molecule has 2 aromatic carbocycles. The van der Waals surface area contributed by atoms with Gasteiger partial charge in [-0.25, -0.2) is 4.98 Å². The lowest BCUT2D eigenvalue weighted by Gasteiger charge is -2.25. The molecule has 2 heteroatoms. The van der Waals surface area contributed by atoms with Crippen LogP contribution in [0.4, 0.5) is 0 Å². The van der Waals surface area contributed by atoms with Crippen LogP contribution in [0.2, 0.25) is 0 Å². The summed E-state index contributed by atoms with van der Waals surface area (Å²) in [5.41, 5.74) is 4.74. The maximum Gasteiger partial charge on any atom is 0.0713 e. The largest absolute Gasteiger partial charge is 0.310 e. The second-order valence-electron chi connectivity index (χ2n) is 5.98. The zero-order valence-electron chi connectivity index (χ0n) is 12.6. The summed E-state index contributed by atoms with van der Waals surface area (Å²) in [5.74, 6) is 0. The Morgan fingerprint density at radius 1 is 0.909 bits per heavy atom. The Hall–Kier alpha value is -2.19. The number of benzene rings is 2. The molecule has 2 nitrogen and oxygen atoms in total. The number of nitrogens with one attached hydrogen (secondary N) is 1. The number of aromatic nitrogens is 1. The molecule has 4 rings (SSSR count). The summed E-state index contributed by atoms with van der Waals surface area (Å²) >= 11 is 0. The Balaban J connectivity index is 1.89. The van der Waals surface area contributed by atoms with Crippen molar-refractivity contribution in [3.63, 3.8) is 0 Å². The van der Waals surface area contributed by atoms with Crippen LogP contribution in [0, 0.1) is 0 Å². The molecule has 0 bridgehead atoms. The number of nitrogens with zero attached hydrogens (tertiary/aromatic N) is 1. The van der Waals surface area contributed by atoms with E-state index < -0.39 is 0 Å². The zero-order valence-corrected chi connectivity index (χ0v) is 12.6. The van der Waals surface area contributed by atoms with E-state index in [9.17, 15) is 0 Å². The summed E-state index contributed by atoms with van der Waals surface area (Å²) in [6.07, 6.45) is 3.79. The standard InChI is InChI=1S/C20H20N2/c1-2-8-15(9-3-1)20-14-17(18-11-6-7-13-21-18)16-10-4-5-12-19(16)22-20/h1-5,8-10,12,14,18,21H,6-7,11,13H2/t18-/m0/s1. The van der Waals surface area contributed by atoms with E-state index in [2.05, 4.69) is 59.9 Å². The number of piperidine rings is 1. The fraction of sp³-hybridized carbons (Fsp3) is 0.250. The first-order valence-corrected chi connectivity index (χ1v) is 8.10. The topological polar surface area (TPSA) is 24.9 Å². The van der Waals surface area contributed by atoms with Crippen LogP contribution in [0.1, 0.15) is 30.9 Å². The monoisotopic (exact) mass is 288 g/mol. The molecule has 1 fully saturated rings. The molecule has 2 heterocycles. The van der Waals surface area contributed by atoms with Crippen molar-refractivity contribution in [1.82, 2.24) is 10.3 Å². The fourth-order valence-corrected chi connectivity index (χ4v) is 3.36. The highest BCUT2D eigenvalue weighted by atomic mass is 14.9. The van der Waals surface area contributed by atoms with Crippen LogP contribution in [-0.4, -0.2) is 11.5 Å². The van der Waals surface area contributed by atoms with Crippen LogP contribution in [0.5, 0.6) is 0 Å². The molecule has 1 aromatic heterocycles. The Morgan fingerprint density at radius 3 is 2.55 bits per heavy atom. The molecular weight excluding hydrogens is 268 g/mol. The molecule has 1 atom stereocenters. The van der Waals surface area contributed by atoms with Gasteiger partial charge in [0.2, 0.25) is 0 Å². The highest BCUT2D eigenvalue weighted by molar-refractivity contribution is 5.85. The van der Waals surface area contributed by atoms with E-state index in [0.717, 1.165) is 17.8 Å². The summed E-state index contributed by atoms with van der Waals surface area (Å²) in [6.45, 7) is 1.11. The number of hydrogen-bond donors (Lipinski definition) is 1. The van der Waals surface area contributed by atoms with Crippen molar-refractivity contribution in [1.29, 1.82) is 0 Å². The molecule has 0 aliphatic carbocycles. The first-order valence-electron chi connectivity index (χ1n) is 8.10. The Morgan fingerprint density at radius 2 is 1.73 bits per heavy atom. The molecule has 0 radical (unpaired) electrons. The van der Waals surface area contributed by atoms with Gasteiger partial charge in [-0.1, -0.05) is 55.0 Å². The Bertz CT molecular complexity index is 774. The zero-order chi connectivity index (χ0) is 14.8. The van der Waals surface area contributed by atoms with Gasteiger partial charge in [-0.05, 0) is 37.1 Å². The molecule has 0 unspecified atom stereocenters. The summed E-state index contributed by atoms with van der Waals surface area (Å²) in [5, 5.41) is 4.96. The van der Waals surface area contributed by atoms with Gasteiger partial charge in [0.25, 0.3) is 0 Å². The van der Waals surface area contributed by atoms with Gasteiger partial charge < -0.3 is 5.32 Å². The minimum atomic E-state index is 0.448. The second-order valence-corrected chi connectivity index (χ2v) is 5.98. The van der Waals surface area contributed by atoms with Gasteiger partial charge in [-0.3, -0.25) is 0 Å². The summed E-state index contributed by atoms with van der Waals surface area (Å²) < 4.78 is 0. The average molecular weight is 288 g/mol. The van der Waals surface area contributed by atoms with E-state index in [-0.39, 0.29) is 0 Å². The third kappa shape index (κ3) is 2.51. The molecule has 3 aromatic rings. The minimum absolute atomic E-state index is 0.448. The third-order valence-electron chi connectivity index (χ3n) is 4.50. The quantitative estimate of drug-likeness (QED) is 0.738. The maximum absolute atomic E-state index is 4.87. The molecule has 0 amide bonds. The molecule has 0 saturated carbocycles. The molecule has 1 aliphatic heterocycles. The molecule has 1 saturated heterocycles. The predicted octanol–water partition coefficient (Wildman–Crippen LogP) is 4.72. The first-order chi connectivity index (χ1) is 10.9. The van der Waals surface area contributed by atoms with E-state index in [1.165, 1.54) is 35.8 Å². The van der Waals surface area contributed by atoms with E-state index >= 15 is 0 Å². The fourth-order valence-electron chi connectivity index (χ4n) is 3.36. The molecular formula is C20H20N2. The third-order valence-corrected chi connectivity index (χ3v) is 4.50. The van der Waals surface area contributed by atoms with Crippen LogP contribution in [-0.2, 0) is 0 Å². The van der Waals surface area contributed by atoms with Crippen LogP contribution >= 0.6 is 0 Å². The van der Waals surface area contributed by atoms with E-state index in [1.807, 2.05) is 6.07 Å². The number of fused-ring (bicyclic) bond motifs is 1. The molecule has 22 heavy (non-hydrogen) atoms. The van der Waals surface area contributed by atoms with Crippen LogP contribution in [0.15, 0.2) is 60.7 Å². The molecule has 0 spiro atoms. The Labute approximate surface area is 131 Å². The van der Waals surface area contributed by atoms with Crippen molar-refractivity contribution in [2.24, 2.45) is 0 Å². The van der Waals surface area contributed by atoms with Gasteiger partial charge in [0.05, 0.1) is 11.2 Å². The minimum Gasteiger partial charge on any atom is -0.310 e. The molecule has 1 N–H and O–H groups in total. The van der Waals surface area contributed by atoms with Gasteiger partial charge in [0.15, 0.2) is 0 Å². The SMILES string of the molecule is c1ccc(-c2cc([C@@H]3CCCCN3)c3ccccc3n2)cc1. The van der Waals surface area contributed by atoms with Crippen LogP contribution in [0.3, 0.4) is 0 Å². The van der Waals surface area contributed by atoms with Crippen molar-refractivity contribution in [2.75, 3.05) is 6.54 Å². The van der Waals surface area contributed by atoms with Gasteiger partial charge in [-0.2, -0.15) is 0 Å². The Kier molecular flexibility index (Phi) is 3.61. The van der Waals surface area contributed by atoms with Gasteiger partial charge in [0, 0.05) is 17.0 Å². The van der Waals surface area contributed by atoms with Crippen molar-refractivity contribution in [2.45, 2.75) is 25.3 Å². The van der Waals surface area contributed by atoms with Gasteiger partial charge in [0.1, 0.15) is 0 Å². The van der Waals surface area contributed by atoms with E-state index in [0.29, 0.717) is 6.04 Å². The van der Waals surface area contributed by atoms with Crippen molar-refractivity contribution >= 4 is 10.9 Å².